The van der Waals surface area contributed by atoms with Crippen molar-refractivity contribution in [3.63, 3.8) is 0 Å². The summed E-state index contributed by atoms with van der Waals surface area (Å²) >= 11 is 0. The molecular weight excluding hydrogens is 392 g/mol. The minimum atomic E-state index is -1.65. The molecule has 8 atom stereocenters. The van der Waals surface area contributed by atoms with Crippen LogP contribution in [0.3, 0.4) is 0 Å². The fourth-order valence-corrected chi connectivity index (χ4v) is 3.25. The fraction of sp³-hybridized carbons (Fsp3) is 0.667. The summed E-state index contributed by atoms with van der Waals surface area (Å²) < 4.78 is 25.7. The first kappa shape index (κ1) is 23.3. The van der Waals surface area contributed by atoms with Crippen LogP contribution in [0.2, 0.25) is 0 Å². The lowest BCUT2D eigenvalue weighted by Gasteiger charge is -2.42. The third-order valence-corrected chi connectivity index (χ3v) is 4.93. The van der Waals surface area contributed by atoms with E-state index < -0.39 is 67.4 Å². The lowest BCUT2D eigenvalue weighted by atomic mass is 9.81. The quantitative estimate of drug-likeness (QED) is 0.273. The van der Waals surface area contributed by atoms with Gasteiger partial charge in [0.1, 0.15) is 24.4 Å². The Hall–Kier alpha value is -2.02. The van der Waals surface area contributed by atoms with Gasteiger partial charge in [-0.05, 0) is 0 Å². The number of esters is 2. The average Bonchev–Trinajstić information content (AvgIpc) is 2.73. The third kappa shape index (κ3) is 4.94. The van der Waals surface area contributed by atoms with Crippen molar-refractivity contribution in [3.8, 4) is 0 Å². The van der Waals surface area contributed by atoms with Gasteiger partial charge in [0.05, 0.1) is 39.1 Å². The van der Waals surface area contributed by atoms with E-state index in [2.05, 4.69) is 11.3 Å². The molecule has 0 bridgehead atoms. The van der Waals surface area contributed by atoms with Crippen LogP contribution < -0.4 is 0 Å². The van der Waals surface area contributed by atoms with Crippen molar-refractivity contribution in [1.29, 1.82) is 0 Å². The van der Waals surface area contributed by atoms with Crippen molar-refractivity contribution in [2.75, 3.05) is 20.8 Å². The van der Waals surface area contributed by atoms with E-state index in [0.29, 0.717) is 0 Å². The molecule has 2 aliphatic rings. The van der Waals surface area contributed by atoms with Crippen LogP contribution in [0.5, 0.6) is 0 Å². The normalized spacial score (nSPS) is 37.1. The average molecular weight is 418 g/mol. The van der Waals surface area contributed by atoms with Gasteiger partial charge >= 0.3 is 11.9 Å². The summed E-state index contributed by atoms with van der Waals surface area (Å²) in [6, 6.07) is 0. The zero-order valence-corrected chi connectivity index (χ0v) is 16.0. The zero-order valence-electron chi connectivity index (χ0n) is 16.0. The number of aliphatic hydroxyl groups excluding tert-OH is 4. The summed E-state index contributed by atoms with van der Waals surface area (Å²) in [6.45, 7) is 3.06. The van der Waals surface area contributed by atoms with E-state index in [1.807, 2.05) is 0 Å². The van der Waals surface area contributed by atoms with Crippen LogP contribution >= 0.6 is 0 Å². The molecule has 2 rings (SSSR count). The lowest BCUT2D eigenvalue weighted by molar-refractivity contribution is -0.339. The van der Waals surface area contributed by atoms with E-state index in [0.717, 1.165) is 6.26 Å². The molecule has 0 aromatic rings. The van der Waals surface area contributed by atoms with Crippen LogP contribution in [-0.2, 0) is 33.3 Å². The summed E-state index contributed by atoms with van der Waals surface area (Å²) in [5.41, 5.74) is 0.0662. The lowest BCUT2D eigenvalue weighted by Crippen LogP contribution is -2.60. The van der Waals surface area contributed by atoms with Crippen molar-refractivity contribution in [2.24, 2.45) is 11.8 Å². The van der Waals surface area contributed by atoms with E-state index in [9.17, 15) is 30.0 Å². The number of carbonyl (C=O) groups is 2. The summed E-state index contributed by atoms with van der Waals surface area (Å²) in [4.78, 5) is 23.9. The Bertz CT molecular complexity index is 631. The molecule has 1 saturated heterocycles. The molecule has 0 radical (unpaired) electrons. The first-order valence-electron chi connectivity index (χ1n) is 8.88. The molecule has 11 heteroatoms. The Morgan fingerprint density at radius 1 is 1.14 bits per heavy atom. The van der Waals surface area contributed by atoms with Crippen LogP contribution in [0.15, 0.2) is 24.5 Å². The molecule has 29 heavy (non-hydrogen) atoms. The predicted molar refractivity (Wildman–Crippen MR) is 93.6 cm³/mol. The molecule has 0 amide bonds. The zero-order chi connectivity index (χ0) is 21.7. The first-order valence-corrected chi connectivity index (χ1v) is 8.88. The van der Waals surface area contributed by atoms with E-state index in [4.69, 9.17) is 18.9 Å². The van der Waals surface area contributed by atoms with Gasteiger partial charge in [-0.25, -0.2) is 4.79 Å². The number of aliphatic hydroxyl groups is 4. The van der Waals surface area contributed by atoms with Gasteiger partial charge in [-0.3, -0.25) is 4.79 Å². The van der Waals surface area contributed by atoms with Gasteiger partial charge in [-0.2, -0.15) is 0 Å². The molecule has 2 aliphatic heterocycles. The van der Waals surface area contributed by atoms with Gasteiger partial charge in [0, 0.05) is 11.8 Å². The van der Waals surface area contributed by atoms with Crippen molar-refractivity contribution >= 4 is 11.9 Å². The maximum Gasteiger partial charge on any atom is 0.337 e. The van der Waals surface area contributed by atoms with Crippen LogP contribution in [0.4, 0.5) is 0 Å². The second-order valence-electron chi connectivity index (χ2n) is 6.60. The van der Waals surface area contributed by atoms with E-state index >= 15 is 0 Å². The second-order valence-corrected chi connectivity index (χ2v) is 6.60. The topological polar surface area (TPSA) is 161 Å². The van der Waals surface area contributed by atoms with Gasteiger partial charge < -0.3 is 44.1 Å². The molecule has 0 spiro atoms. The van der Waals surface area contributed by atoms with Crippen molar-refractivity contribution in [1.82, 2.24) is 0 Å². The Kier molecular flexibility index (Phi) is 8.14. The van der Waals surface area contributed by atoms with Gasteiger partial charge in [-0.15, -0.1) is 6.58 Å². The highest BCUT2D eigenvalue weighted by Crippen LogP contribution is 2.37. The van der Waals surface area contributed by atoms with Gasteiger partial charge in [-0.1, -0.05) is 6.08 Å². The predicted octanol–water partition coefficient (Wildman–Crippen LogP) is -1.80. The Labute approximate surface area is 167 Å². The number of carbonyl (C=O) groups excluding carboxylic acids is 2. The van der Waals surface area contributed by atoms with Crippen LogP contribution in [-0.4, -0.2) is 90.2 Å². The Morgan fingerprint density at radius 2 is 1.83 bits per heavy atom. The van der Waals surface area contributed by atoms with Crippen molar-refractivity contribution in [3.05, 3.63) is 24.5 Å². The molecule has 1 fully saturated rings. The van der Waals surface area contributed by atoms with Crippen molar-refractivity contribution < 1.29 is 53.7 Å². The Morgan fingerprint density at radius 3 is 2.38 bits per heavy atom. The van der Waals surface area contributed by atoms with Crippen LogP contribution in [0, 0.1) is 11.8 Å². The maximum absolute atomic E-state index is 12.1. The summed E-state index contributed by atoms with van der Waals surface area (Å²) in [7, 11) is 2.38. The minimum Gasteiger partial charge on any atom is -0.471 e. The fourth-order valence-electron chi connectivity index (χ4n) is 3.25. The minimum absolute atomic E-state index is 0.0662. The summed E-state index contributed by atoms with van der Waals surface area (Å²) in [5.74, 6) is -2.83. The largest absolute Gasteiger partial charge is 0.471 e. The highest BCUT2D eigenvalue weighted by Gasteiger charge is 2.47. The molecule has 4 N–H and O–H groups in total. The SMILES string of the molecule is C=C[C@H]1[C@H](O[C@H]2O[C@H](CO)[C@H](O)[C@@H](O)[C@H]2O)OC=C(C(=O)OC)[C@H]1CC(=O)OC. The van der Waals surface area contributed by atoms with E-state index in [1.54, 1.807) is 0 Å². The standard InChI is InChI=1S/C18H26O11/c1-4-8-9(5-12(20)25-2)10(16(24)26-3)7-27-17(8)29-18-15(23)14(22)13(21)11(6-19)28-18/h4,7-9,11,13-15,17-19,21-23H,1,5-6H2,2-3H3/t8-,9+,11-,13+,14-,15-,17+,18-/m1/s1. The third-order valence-electron chi connectivity index (χ3n) is 4.93. The molecule has 164 valence electrons. The molecule has 0 aromatic carbocycles. The molecule has 2 heterocycles. The number of hydrogen-bond acceptors (Lipinski definition) is 11. The number of hydrogen-bond donors (Lipinski definition) is 4. The molecule has 0 unspecified atom stereocenters. The van der Waals surface area contributed by atoms with Crippen molar-refractivity contribution in [2.45, 2.75) is 43.4 Å². The van der Waals surface area contributed by atoms with E-state index in [-0.39, 0.29) is 12.0 Å². The van der Waals surface area contributed by atoms with Gasteiger partial charge in [0.2, 0.25) is 6.29 Å². The van der Waals surface area contributed by atoms with Crippen LogP contribution in [0.25, 0.3) is 0 Å². The number of methoxy groups -OCH3 is 2. The smallest absolute Gasteiger partial charge is 0.337 e. The molecule has 0 aromatic heterocycles. The Balaban J connectivity index is 2.25. The molecule has 11 nitrogen and oxygen atoms in total. The number of rotatable bonds is 7. The first-order chi connectivity index (χ1) is 13.8. The van der Waals surface area contributed by atoms with Gasteiger partial charge in [0.25, 0.3) is 0 Å². The van der Waals surface area contributed by atoms with Gasteiger partial charge in [0.15, 0.2) is 6.29 Å². The van der Waals surface area contributed by atoms with E-state index in [1.165, 1.54) is 20.3 Å². The highest BCUT2D eigenvalue weighted by molar-refractivity contribution is 5.90. The summed E-state index contributed by atoms with van der Waals surface area (Å²) in [6.07, 6.45) is -6.36. The maximum atomic E-state index is 12.1. The number of ether oxygens (including phenoxy) is 5. The molecule has 0 saturated carbocycles. The molecule has 0 aliphatic carbocycles. The second kappa shape index (κ2) is 10.1. The summed E-state index contributed by atoms with van der Waals surface area (Å²) in [5, 5.41) is 39.2. The molecular formula is C18H26O11. The highest BCUT2D eigenvalue weighted by atomic mass is 16.8. The monoisotopic (exact) mass is 418 g/mol. The van der Waals surface area contributed by atoms with Crippen LogP contribution in [0.1, 0.15) is 6.42 Å².